The van der Waals surface area contributed by atoms with Crippen LogP contribution in [0.2, 0.25) is 0 Å². The van der Waals surface area contributed by atoms with E-state index in [1.807, 2.05) is 0 Å². The molecule has 0 heterocycles. The first kappa shape index (κ1) is 8.93. The van der Waals surface area contributed by atoms with Crippen molar-refractivity contribution in [2.24, 2.45) is 5.92 Å². The summed E-state index contributed by atoms with van der Waals surface area (Å²) < 4.78 is 1.11. The number of halogens is 1. The first-order valence-corrected chi connectivity index (χ1v) is 5.96. The maximum atomic E-state index is 10.0. The van der Waals surface area contributed by atoms with E-state index < -0.39 is 0 Å². The van der Waals surface area contributed by atoms with Gasteiger partial charge in [-0.1, -0.05) is 28.1 Å². The number of fused-ring (bicyclic) bond motifs is 1. The molecule has 74 valence electrons. The second-order valence-corrected chi connectivity index (χ2v) is 5.53. The van der Waals surface area contributed by atoms with Crippen LogP contribution < -0.4 is 0 Å². The van der Waals surface area contributed by atoms with Crippen LogP contribution in [0.1, 0.15) is 24.8 Å². The molecular formula is C12H13BrO. The third-order valence-electron chi connectivity index (χ3n) is 4.02. The van der Waals surface area contributed by atoms with Gasteiger partial charge in [0, 0.05) is 9.89 Å². The van der Waals surface area contributed by atoms with E-state index in [1.54, 1.807) is 0 Å². The summed E-state index contributed by atoms with van der Waals surface area (Å²) in [6.07, 6.45) is 3.48. The minimum Gasteiger partial charge on any atom is -0.392 e. The Morgan fingerprint density at radius 1 is 1.29 bits per heavy atom. The van der Waals surface area contributed by atoms with Crippen molar-refractivity contribution in [3.8, 4) is 0 Å². The summed E-state index contributed by atoms with van der Waals surface area (Å²) in [5, 5.41) is 10.0. The van der Waals surface area contributed by atoms with Gasteiger partial charge in [-0.3, -0.25) is 0 Å². The average Bonchev–Trinajstić information content (AvgIpc) is 2.76. The van der Waals surface area contributed by atoms with E-state index in [0.29, 0.717) is 5.92 Å². The molecule has 0 aliphatic heterocycles. The number of aliphatic hydroxyl groups is 1. The Morgan fingerprint density at radius 3 is 2.50 bits per heavy atom. The summed E-state index contributed by atoms with van der Waals surface area (Å²) in [5.74, 6) is 0.582. The van der Waals surface area contributed by atoms with Gasteiger partial charge in [-0.15, -0.1) is 0 Å². The van der Waals surface area contributed by atoms with E-state index in [1.165, 1.54) is 24.8 Å². The number of hydrogen-bond acceptors (Lipinski definition) is 1. The molecule has 3 aliphatic carbocycles. The highest BCUT2D eigenvalue weighted by atomic mass is 79.9. The summed E-state index contributed by atoms with van der Waals surface area (Å²) in [7, 11) is 0. The lowest BCUT2D eigenvalue weighted by molar-refractivity contribution is -0.0174. The van der Waals surface area contributed by atoms with Crippen molar-refractivity contribution >= 4 is 15.9 Å². The minimum atomic E-state index is -0.0799. The summed E-state index contributed by atoms with van der Waals surface area (Å²) in [6, 6.07) is 8.44. The Morgan fingerprint density at radius 2 is 2.00 bits per heavy atom. The number of rotatable bonds is 1. The lowest BCUT2D eigenvalue weighted by Crippen LogP contribution is -2.48. The van der Waals surface area contributed by atoms with Crippen LogP contribution in [0.5, 0.6) is 0 Å². The summed E-state index contributed by atoms with van der Waals surface area (Å²) in [4.78, 5) is 0. The van der Waals surface area contributed by atoms with Crippen molar-refractivity contribution in [1.82, 2.24) is 0 Å². The Hall–Kier alpha value is -0.340. The van der Waals surface area contributed by atoms with Gasteiger partial charge in [-0.25, -0.2) is 0 Å². The first-order chi connectivity index (χ1) is 6.72. The lowest BCUT2D eigenvalue weighted by atomic mass is 9.63. The number of hydrogen-bond donors (Lipinski definition) is 1. The molecule has 0 saturated heterocycles. The fourth-order valence-corrected chi connectivity index (χ4v) is 3.42. The molecule has 3 fully saturated rings. The molecule has 3 unspecified atom stereocenters. The fraction of sp³-hybridized carbons (Fsp3) is 0.500. The largest absolute Gasteiger partial charge is 0.392 e. The predicted octanol–water partition coefficient (Wildman–Crippen LogP) is 2.86. The van der Waals surface area contributed by atoms with Gasteiger partial charge in [-0.05, 0) is 42.9 Å². The van der Waals surface area contributed by atoms with E-state index in [2.05, 4.69) is 40.2 Å². The Kier molecular flexibility index (Phi) is 1.80. The molecule has 1 aromatic carbocycles. The van der Waals surface area contributed by atoms with E-state index in [-0.39, 0.29) is 11.5 Å². The molecule has 3 atom stereocenters. The van der Waals surface area contributed by atoms with Crippen molar-refractivity contribution in [3.63, 3.8) is 0 Å². The third kappa shape index (κ3) is 0.986. The standard InChI is InChI=1S/C12H13BrO/c13-10-3-1-9(2-4-10)12-6-5-8(7-12)11(12)14/h1-4,8,11,14H,5-7H2. The van der Waals surface area contributed by atoms with Crippen LogP contribution in [0.3, 0.4) is 0 Å². The van der Waals surface area contributed by atoms with Crippen LogP contribution in [0.15, 0.2) is 28.7 Å². The van der Waals surface area contributed by atoms with Crippen LogP contribution >= 0.6 is 15.9 Å². The molecule has 3 aliphatic rings. The number of benzene rings is 1. The van der Waals surface area contributed by atoms with Crippen LogP contribution in [0, 0.1) is 5.92 Å². The Labute approximate surface area is 92.3 Å². The maximum absolute atomic E-state index is 10.0. The Balaban J connectivity index is 1.99. The van der Waals surface area contributed by atoms with Crippen molar-refractivity contribution in [1.29, 1.82) is 0 Å². The van der Waals surface area contributed by atoms with Gasteiger partial charge in [0.05, 0.1) is 6.10 Å². The van der Waals surface area contributed by atoms with Gasteiger partial charge in [0.2, 0.25) is 0 Å². The highest BCUT2D eigenvalue weighted by Gasteiger charge is 2.59. The normalized spacial score (nSPS) is 39.6. The van der Waals surface area contributed by atoms with E-state index in [9.17, 15) is 5.11 Å². The van der Waals surface area contributed by atoms with E-state index >= 15 is 0 Å². The molecule has 1 nitrogen and oxygen atoms in total. The summed E-state index contributed by atoms with van der Waals surface area (Å²) in [6.45, 7) is 0. The first-order valence-electron chi connectivity index (χ1n) is 5.16. The summed E-state index contributed by atoms with van der Waals surface area (Å²) >= 11 is 3.44. The second kappa shape index (κ2) is 2.83. The van der Waals surface area contributed by atoms with Gasteiger partial charge < -0.3 is 5.11 Å². The fourth-order valence-electron chi connectivity index (χ4n) is 3.16. The molecule has 1 N–H and O–H groups in total. The van der Waals surface area contributed by atoms with Crippen molar-refractivity contribution < 1.29 is 5.11 Å². The molecule has 1 aromatic rings. The van der Waals surface area contributed by atoms with Gasteiger partial charge in [0.15, 0.2) is 0 Å². The minimum absolute atomic E-state index is 0.0799. The molecule has 2 heteroatoms. The van der Waals surface area contributed by atoms with Gasteiger partial charge in [0.25, 0.3) is 0 Å². The highest BCUT2D eigenvalue weighted by molar-refractivity contribution is 9.10. The molecule has 4 rings (SSSR count). The molecule has 3 saturated carbocycles. The summed E-state index contributed by atoms with van der Waals surface area (Å²) in [5.41, 5.74) is 1.44. The second-order valence-electron chi connectivity index (χ2n) is 4.61. The average molecular weight is 253 g/mol. The van der Waals surface area contributed by atoms with Crippen LogP contribution in [-0.4, -0.2) is 11.2 Å². The van der Waals surface area contributed by atoms with Crippen LogP contribution in [-0.2, 0) is 5.41 Å². The van der Waals surface area contributed by atoms with E-state index in [0.717, 1.165) is 4.47 Å². The van der Waals surface area contributed by atoms with Gasteiger partial charge in [-0.2, -0.15) is 0 Å². The highest BCUT2D eigenvalue weighted by Crippen LogP contribution is 2.59. The Bertz CT molecular complexity index is 355. The van der Waals surface area contributed by atoms with Crippen molar-refractivity contribution in [2.45, 2.75) is 30.8 Å². The van der Waals surface area contributed by atoms with Gasteiger partial charge >= 0.3 is 0 Å². The monoisotopic (exact) mass is 252 g/mol. The predicted molar refractivity (Wildman–Crippen MR) is 59.2 cm³/mol. The zero-order valence-electron chi connectivity index (χ0n) is 7.91. The van der Waals surface area contributed by atoms with Gasteiger partial charge in [0.1, 0.15) is 0 Å². The topological polar surface area (TPSA) is 20.2 Å². The van der Waals surface area contributed by atoms with Crippen LogP contribution in [0.4, 0.5) is 0 Å². The molecule has 0 spiro atoms. The lowest BCUT2D eigenvalue weighted by Gasteiger charge is -2.44. The van der Waals surface area contributed by atoms with E-state index in [4.69, 9.17) is 0 Å². The molecule has 2 bridgehead atoms. The van der Waals surface area contributed by atoms with Crippen molar-refractivity contribution in [3.05, 3.63) is 34.3 Å². The smallest absolute Gasteiger partial charge is 0.0665 e. The third-order valence-corrected chi connectivity index (χ3v) is 4.55. The zero-order valence-corrected chi connectivity index (χ0v) is 9.50. The van der Waals surface area contributed by atoms with Crippen LogP contribution in [0.25, 0.3) is 0 Å². The zero-order chi connectivity index (χ0) is 9.76. The molecule has 0 amide bonds. The molecule has 14 heavy (non-hydrogen) atoms. The molecule has 0 aromatic heterocycles. The molecule has 0 radical (unpaired) electrons. The maximum Gasteiger partial charge on any atom is 0.0665 e. The van der Waals surface area contributed by atoms with Crippen molar-refractivity contribution in [2.75, 3.05) is 0 Å². The quantitative estimate of drug-likeness (QED) is 0.815. The number of aliphatic hydroxyl groups excluding tert-OH is 1. The molecular weight excluding hydrogens is 240 g/mol. The SMILES string of the molecule is OC1C2CCC1(c1ccc(Br)cc1)C2.